The fraction of sp³-hybridized carbons (Fsp3) is 0.476. The summed E-state index contributed by atoms with van der Waals surface area (Å²) in [6.45, 7) is 1.86. The molecule has 1 aliphatic heterocycles. The Morgan fingerprint density at radius 1 is 1.30 bits per heavy atom. The maximum Gasteiger partial charge on any atom is 0.0922 e. The van der Waals surface area contributed by atoms with Gasteiger partial charge in [0.2, 0.25) is 0 Å². The molecule has 1 aromatic heterocycles. The van der Waals surface area contributed by atoms with E-state index in [4.69, 9.17) is 25.5 Å². The second-order valence-electron chi connectivity index (χ2n) is 7.43. The molecule has 0 amide bonds. The third-order valence-corrected chi connectivity index (χ3v) is 5.63. The smallest absolute Gasteiger partial charge is 0.0922 e. The standard InChI is InChI=1S/C21H26N4O2/c22-10-16(11-23-17-8-14(9-17)13-26)20-12-24-21-18(2-1-3-19(21)25-20)15-4-6-27-7-5-15/h1-3,10-12,14-15,17,26H,4-9,13,22H2. The van der Waals surface area contributed by atoms with Crippen molar-refractivity contribution >= 4 is 22.8 Å². The maximum atomic E-state index is 9.11. The lowest BCUT2D eigenvalue weighted by Gasteiger charge is -2.30. The molecule has 2 heterocycles. The molecular weight excluding hydrogens is 340 g/mol. The number of hydrogen-bond donors (Lipinski definition) is 2. The number of rotatable bonds is 5. The molecule has 4 rings (SSSR count). The molecule has 0 spiro atoms. The van der Waals surface area contributed by atoms with E-state index in [9.17, 15) is 0 Å². The van der Waals surface area contributed by atoms with Gasteiger partial charge in [-0.25, -0.2) is 4.98 Å². The van der Waals surface area contributed by atoms with Gasteiger partial charge >= 0.3 is 0 Å². The van der Waals surface area contributed by atoms with Crippen molar-refractivity contribution in [3.63, 3.8) is 0 Å². The van der Waals surface area contributed by atoms with Crippen molar-refractivity contribution in [1.29, 1.82) is 0 Å². The molecule has 6 heteroatoms. The van der Waals surface area contributed by atoms with E-state index in [1.807, 2.05) is 6.07 Å². The number of fused-ring (bicyclic) bond motifs is 1. The normalized spacial score (nSPS) is 24.4. The van der Waals surface area contributed by atoms with Crippen molar-refractivity contribution < 1.29 is 9.84 Å². The first-order chi connectivity index (χ1) is 13.3. The lowest BCUT2D eigenvalue weighted by Crippen LogP contribution is -2.29. The minimum atomic E-state index is 0.247. The highest BCUT2D eigenvalue weighted by Gasteiger charge is 2.27. The number of nitrogens with zero attached hydrogens (tertiary/aromatic N) is 3. The highest BCUT2D eigenvalue weighted by Crippen LogP contribution is 2.32. The van der Waals surface area contributed by atoms with Crippen molar-refractivity contribution in [2.75, 3.05) is 19.8 Å². The molecule has 0 unspecified atom stereocenters. The summed E-state index contributed by atoms with van der Waals surface area (Å²) in [5.41, 5.74) is 10.4. The first-order valence-corrected chi connectivity index (χ1v) is 9.68. The maximum absolute atomic E-state index is 9.11. The van der Waals surface area contributed by atoms with Gasteiger partial charge in [0, 0.05) is 37.8 Å². The van der Waals surface area contributed by atoms with Gasteiger partial charge in [0.25, 0.3) is 0 Å². The molecule has 1 saturated heterocycles. The lowest BCUT2D eigenvalue weighted by atomic mass is 9.81. The Balaban J connectivity index is 1.56. The first kappa shape index (κ1) is 18.1. The predicted molar refractivity (Wildman–Crippen MR) is 107 cm³/mol. The zero-order valence-electron chi connectivity index (χ0n) is 15.4. The molecule has 0 radical (unpaired) electrons. The highest BCUT2D eigenvalue weighted by molar-refractivity contribution is 6.09. The third-order valence-electron chi connectivity index (χ3n) is 5.63. The number of aliphatic imine (C=N–C) groups is 1. The van der Waals surface area contributed by atoms with E-state index >= 15 is 0 Å². The van der Waals surface area contributed by atoms with Gasteiger partial charge in [0.05, 0.1) is 29.0 Å². The lowest BCUT2D eigenvalue weighted by molar-refractivity contribution is 0.0856. The minimum absolute atomic E-state index is 0.247. The van der Waals surface area contributed by atoms with Crippen molar-refractivity contribution in [2.45, 2.75) is 37.6 Å². The van der Waals surface area contributed by atoms with Crippen LogP contribution in [0.2, 0.25) is 0 Å². The van der Waals surface area contributed by atoms with Crippen LogP contribution in [0.25, 0.3) is 16.6 Å². The van der Waals surface area contributed by atoms with Crippen molar-refractivity contribution in [2.24, 2.45) is 16.6 Å². The number of nitrogens with two attached hydrogens (primary N) is 1. The van der Waals surface area contributed by atoms with Crippen LogP contribution < -0.4 is 5.73 Å². The van der Waals surface area contributed by atoms with Crippen LogP contribution >= 0.6 is 0 Å². The number of aliphatic hydroxyl groups is 1. The SMILES string of the molecule is NC=C(C=NC1CC(CO)C1)c1cnc2c(C3CCOCC3)cccc2n1. The number of ether oxygens (including phenoxy) is 1. The predicted octanol–water partition coefficient (Wildman–Crippen LogP) is 2.67. The molecule has 1 aliphatic carbocycles. The summed E-state index contributed by atoms with van der Waals surface area (Å²) in [7, 11) is 0. The fourth-order valence-electron chi connectivity index (χ4n) is 3.89. The molecule has 6 nitrogen and oxygen atoms in total. The minimum Gasteiger partial charge on any atom is -0.404 e. The van der Waals surface area contributed by atoms with E-state index in [-0.39, 0.29) is 12.6 Å². The summed E-state index contributed by atoms with van der Waals surface area (Å²) in [5, 5.41) is 9.11. The summed E-state index contributed by atoms with van der Waals surface area (Å²) in [6.07, 6.45) is 9.03. The van der Waals surface area contributed by atoms with E-state index < -0.39 is 0 Å². The van der Waals surface area contributed by atoms with E-state index in [1.54, 1.807) is 12.4 Å². The van der Waals surface area contributed by atoms with Crippen LogP contribution in [0.5, 0.6) is 0 Å². The zero-order chi connectivity index (χ0) is 18.6. The molecule has 27 heavy (non-hydrogen) atoms. The van der Waals surface area contributed by atoms with Crippen LogP contribution in [-0.2, 0) is 4.74 Å². The van der Waals surface area contributed by atoms with Crippen molar-refractivity contribution in [3.05, 3.63) is 41.9 Å². The Kier molecular flexibility index (Phi) is 5.45. The summed E-state index contributed by atoms with van der Waals surface area (Å²) in [5.74, 6) is 0.869. The van der Waals surface area contributed by atoms with Gasteiger partial charge in [-0.2, -0.15) is 0 Å². The van der Waals surface area contributed by atoms with Crippen molar-refractivity contribution in [1.82, 2.24) is 9.97 Å². The van der Waals surface area contributed by atoms with Gasteiger partial charge in [-0.3, -0.25) is 9.98 Å². The Morgan fingerprint density at radius 3 is 2.85 bits per heavy atom. The van der Waals surface area contributed by atoms with Crippen LogP contribution in [0.4, 0.5) is 0 Å². The second kappa shape index (κ2) is 8.15. The average molecular weight is 366 g/mol. The van der Waals surface area contributed by atoms with Crippen LogP contribution in [0, 0.1) is 5.92 Å². The summed E-state index contributed by atoms with van der Waals surface area (Å²) < 4.78 is 5.49. The van der Waals surface area contributed by atoms with Crippen LogP contribution in [0.1, 0.15) is 42.9 Å². The summed E-state index contributed by atoms with van der Waals surface area (Å²) in [6, 6.07) is 6.47. The van der Waals surface area contributed by atoms with Gasteiger partial charge in [-0.15, -0.1) is 0 Å². The number of hydrogen-bond acceptors (Lipinski definition) is 6. The molecule has 3 N–H and O–H groups in total. The van der Waals surface area contributed by atoms with Gasteiger partial charge in [0.15, 0.2) is 0 Å². The molecule has 1 aromatic carbocycles. The molecule has 0 atom stereocenters. The fourth-order valence-corrected chi connectivity index (χ4v) is 3.89. The Bertz CT molecular complexity index is 852. The average Bonchev–Trinajstić information content (AvgIpc) is 2.69. The van der Waals surface area contributed by atoms with Crippen molar-refractivity contribution in [3.8, 4) is 0 Å². The number of para-hydroxylation sites is 1. The van der Waals surface area contributed by atoms with Gasteiger partial charge in [-0.1, -0.05) is 12.1 Å². The second-order valence-corrected chi connectivity index (χ2v) is 7.43. The Morgan fingerprint density at radius 2 is 2.11 bits per heavy atom. The first-order valence-electron chi connectivity index (χ1n) is 9.68. The van der Waals surface area contributed by atoms with Gasteiger partial charge in [0.1, 0.15) is 0 Å². The molecule has 142 valence electrons. The quantitative estimate of drug-likeness (QED) is 0.794. The largest absolute Gasteiger partial charge is 0.404 e. The van der Waals surface area contributed by atoms with E-state index in [0.717, 1.165) is 61.2 Å². The summed E-state index contributed by atoms with van der Waals surface area (Å²) >= 11 is 0. The van der Waals surface area contributed by atoms with Crippen LogP contribution in [0.3, 0.4) is 0 Å². The van der Waals surface area contributed by atoms with Crippen LogP contribution in [-0.4, -0.2) is 47.2 Å². The topological polar surface area (TPSA) is 93.6 Å². The molecule has 2 aromatic rings. The molecule has 0 bridgehead atoms. The highest BCUT2D eigenvalue weighted by atomic mass is 16.5. The number of benzene rings is 1. The molecule has 2 fully saturated rings. The molecule has 1 saturated carbocycles. The number of aliphatic hydroxyl groups excluding tert-OH is 1. The summed E-state index contributed by atoms with van der Waals surface area (Å²) in [4.78, 5) is 14.1. The van der Waals surface area contributed by atoms with Gasteiger partial charge < -0.3 is 15.6 Å². The van der Waals surface area contributed by atoms with Crippen LogP contribution in [0.15, 0.2) is 35.6 Å². The van der Waals surface area contributed by atoms with Gasteiger partial charge in [-0.05, 0) is 49.1 Å². The zero-order valence-corrected chi connectivity index (χ0v) is 15.4. The monoisotopic (exact) mass is 366 g/mol. The van der Waals surface area contributed by atoms with E-state index in [0.29, 0.717) is 11.8 Å². The number of allylic oxidation sites excluding steroid dienone is 1. The third kappa shape index (κ3) is 3.87. The Hall–Kier alpha value is -2.31. The number of aromatic nitrogens is 2. The van der Waals surface area contributed by atoms with E-state index in [1.165, 1.54) is 11.8 Å². The molecule has 2 aliphatic rings. The van der Waals surface area contributed by atoms with E-state index in [2.05, 4.69) is 17.1 Å². The molecular formula is C21H26N4O2. The Labute approximate surface area is 159 Å².